The van der Waals surface area contributed by atoms with Crippen LogP contribution in [0.25, 0.3) is 11.8 Å². The molecule has 0 aliphatic heterocycles. The first-order valence-electron chi connectivity index (χ1n) is 8.12. The maximum absolute atomic E-state index is 13.5. The summed E-state index contributed by atoms with van der Waals surface area (Å²) in [5.74, 6) is -2.25. The Kier molecular flexibility index (Phi) is 5.70. The van der Waals surface area contributed by atoms with Gasteiger partial charge in [-0.05, 0) is 41.5 Å². The molecule has 0 amide bonds. The summed E-state index contributed by atoms with van der Waals surface area (Å²) < 4.78 is 80.9. The number of nitrogens with zero attached hydrogens (tertiary/aromatic N) is 3. The van der Waals surface area contributed by atoms with Crippen molar-refractivity contribution in [3.63, 3.8) is 0 Å². The minimum absolute atomic E-state index is 0.422. The molecule has 1 atom stereocenters. The molecule has 29 heavy (non-hydrogen) atoms. The second-order valence-electron chi connectivity index (χ2n) is 6.08. The van der Waals surface area contributed by atoms with Crippen LogP contribution in [0.1, 0.15) is 22.6 Å². The third-order valence-corrected chi connectivity index (χ3v) is 4.23. The number of hydrogen-bond donors (Lipinski definition) is 0. The minimum Gasteiger partial charge on any atom is -0.223 e. The maximum atomic E-state index is 13.5. The molecule has 1 aromatic heterocycles. The van der Waals surface area contributed by atoms with Crippen molar-refractivity contribution < 1.29 is 26.3 Å². The Morgan fingerprint density at radius 3 is 2.21 bits per heavy atom. The molecule has 152 valence electrons. The average Bonchev–Trinajstić information content (AvgIpc) is 3.15. The molecule has 0 saturated heterocycles. The molecule has 3 aromatic rings. The lowest BCUT2D eigenvalue weighted by Crippen LogP contribution is -2.19. The molecule has 0 aliphatic rings. The molecule has 3 rings (SSSR count). The molecule has 0 radical (unpaired) electrons. The van der Waals surface area contributed by atoms with Crippen LogP contribution < -0.4 is 0 Å². The fourth-order valence-electron chi connectivity index (χ4n) is 2.65. The van der Waals surface area contributed by atoms with E-state index in [1.54, 1.807) is 24.3 Å². The van der Waals surface area contributed by atoms with Gasteiger partial charge in [0.1, 0.15) is 12.7 Å². The van der Waals surface area contributed by atoms with Crippen LogP contribution in [0.4, 0.5) is 26.3 Å². The van der Waals surface area contributed by atoms with E-state index in [9.17, 15) is 26.3 Å². The van der Waals surface area contributed by atoms with E-state index in [2.05, 4.69) is 10.1 Å². The average molecular weight is 432 g/mol. The molecule has 0 bridgehead atoms. The largest absolute Gasteiger partial charge is 0.416 e. The van der Waals surface area contributed by atoms with Gasteiger partial charge < -0.3 is 0 Å². The van der Waals surface area contributed by atoms with E-state index in [1.807, 2.05) is 0 Å². The molecular formula is C19H12ClF6N3. The third-order valence-electron chi connectivity index (χ3n) is 4.02. The van der Waals surface area contributed by atoms with E-state index in [1.165, 1.54) is 23.4 Å². The summed E-state index contributed by atoms with van der Waals surface area (Å²) in [6.45, 7) is 0. The molecule has 0 fully saturated rings. The van der Waals surface area contributed by atoms with Crippen molar-refractivity contribution >= 4 is 17.7 Å². The van der Waals surface area contributed by atoms with Gasteiger partial charge in [0.25, 0.3) is 0 Å². The number of rotatable bonds is 4. The zero-order valence-corrected chi connectivity index (χ0v) is 15.2. The van der Waals surface area contributed by atoms with Gasteiger partial charge in [-0.3, -0.25) is 0 Å². The zero-order chi connectivity index (χ0) is 21.2. The molecule has 2 aromatic carbocycles. The van der Waals surface area contributed by atoms with Gasteiger partial charge in [-0.1, -0.05) is 35.9 Å². The summed E-state index contributed by atoms with van der Waals surface area (Å²) in [5, 5.41) is 3.51. The fourth-order valence-corrected chi connectivity index (χ4v) is 2.90. The first-order chi connectivity index (χ1) is 13.5. The molecule has 10 heteroatoms. The second kappa shape index (κ2) is 7.90. The van der Waals surface area contributed by atoms with Crippen molar-refractivity contribution in [2.24, 2.45) is 0 Å². The Morgan fingerprint density at radius 1 is 0.966 bits per heavy atom. The highest BCUT2D eigenvalue weighted by atomic mass is 35.5. The fraction of sp³-hybridized carbons (Fsp3) is 0.158. The van der Waals surface area contributed by atoms with E-state index in [-0.39, 0.29) is 0 Å². The SMILES string of the molecule is FC(F)(F)c1cc(Cl)cc(C(/C=C/c2ccc(-n3cncn3)cc2)C(F)(F)F)c1. The second-order valence-corrected chi connectivity index (χ2v) is 6.52. The Labute approximate surface area is 166 Å². The van der Waals surface area contributed by atoms with E-state index in [0.717, 1.165) is 12.1 Å². The van der Waals surface area contributed by atoms with Crippen LogP contribution in [0.5, 0.6) is 0 Å². The highest BCUT2D eigenvalue weighted by Crippen LogP contribution is 2.40. The number of hydrogen-bond acceptors (Lipinski definition) is 2. The topological polar surface area (TPSA) is 30.7 Å². The molecule has 3 nitrogen and oxygen atoms in total. The van der Waals surface area contributed by atoms with Gasteiger partial charge >= 0.3 is 12.4 Å². The van der Waals surface area contributed by atoms with Crippen LogP contribution in [0.3, 0.4) is 0 Å². The van der Waals surface area contributed by atoms with Gasteiger partial charge in [0.15, 0.2) is 0 Å². The summed E-state index contributed by atoms with van der Waals surface area (Å²) in [6, 6.07) is 8.29. The van der Waals surface area contributed by atoms with Gasteiger partial charge in [0.05, 0.1) is 17.2 Å². The molecule has 1 heterocycles. The summed E-state index contributed by atoms with van der Waals surface area (Å²) in [5.41, 5.74) is -0.745. The molecule has 1 unspecified atom stereocenters. The van der Waals surface area contributed by atoms with Gasteiger partial charge in [-0.25, -0.2) is 9.67 Å². The normalized spacial score (nSPS) is 13.8. The lowest BCUT2D eigenvalue weighted by Gasteiger charge is -2.19. The number of halogens is 7. The molecular weight excluding hydrogens is 420 g/mol. The number of benzene rings is 2. The highest BCUT2D eigenvalue weighted by Gasteiger charge is 2.40. The minimum atomic E-state index is -4.81. The van der Waals surface area contributed by atoms with Crippen LogP contribution >= 0.6 is 11.6 Å². The monoisotopic (exact) mass is 431 g/mol. The van der Waals surface area contributed by atoms with Crippen LogP contribution in [-0.2, 0) is 6.18 Å². The van der Waals surface area contributed by atoms with E-state index in [4.69, 9.17) is 11.6 Å². The molecule has 0 spiro atoms. The predicted molar refractivity (Wildman–Crippen MR) is 95.6 cm³/mol. The quantitative estimate of drug-likeness (QED) is 0.454. The van der Waals surface area contributed by atoms with Crippen molar-refractivity contribution in [1.29, 1.82) is 0 Å². The van der Waals surface area contributed by atoms with Crippen LogP contribution in [0.2, 0.25) is 5.02 Å². The van der Waals surface area contributed by atoms with Crippen LogP contribution in [-0.4, -0.2) is 20.9 Å². The predicted octanol–water partition coefficient (Wildman–Crippen LogP) is 6.30. The summed E-state index contributed by atoms with van der Waals surface area (Å²) in [7, 11) is 0. The van der Waals surface area contributed by atoms with Crippen molar-refractivity contribution in [2.45, 2.75) is 18.3 Å². The molecule has 0 N–H and O–H groups in total. The lowest BCUT2D eigenvalue weighted by molar-refractivity contribution is -0.142. The first kappa shape index (κ1) is 20.9. The molecule has 0 saturated carbocycles. The van der Waals surface area contributed by atoms with Crippen molar-refractivity contribution in [3.05, 3.63) is 82.9 Å². The smallest absolute Gasteiger partial charge is 0.223 e. The zero-order valence-electron chi connectivity index (χ0n) is 14.4. The Bertz CT molecular complexity index is 992. The number of alkyl halides is 6. The van der Waals surface area contributed by atoms with Crippen LogP contribution in [0.15, 0.2) is 61.2 Å². The van der Waals surface area contributed by atoms with Crippen molar-refractivity contribution in [1.82, 2.24) is 14.8 Å². The summed E-state index contributed by atoms with van der Waals surface area (Å²) in [4.78, 5) is 3.79. The molecule has 0 aliphatic carbocycles. The first-order valence-corrected chi connectivity index (χ1v) is 8.49. The Morgan fingerprint density at radius 2 is 1.66 bits per heavy atom. The van der Waals surface area contributed by atoms with E-state index < -0.39 is 34.4 Å². The van der Waals surface area contributed by atoms with Crippen LogP contribution in [0, 0.1) is 0 Å². The van der Waals surface area contributed by atoms with Gasteiger partial charge in [0.2, 0.25) is 0 Å². The van der Waals surface area contributed by atoms with Gasteiger partial charge in [-0.15, -0.1) is 0 Å². The Balaban J connectivity index is 1.92. The summed E-state index contributed by atoms with van der Waals surface area (Å²) in [6.07, 6.45) is -4.82. The van der Waals surface area contributed by atoms with Gasteiger partial charge in [0, 0.05) is 5.02 Å². The summed E-state index contributed by atoms with van der Waals surface area (Å²) >= 11 is 5.63. The standard InChI is InChI=1S/C19H12ClF6N3/c20-15-8-13(7-14(9-15)18(21,22)23)17(19(24,25)26)6-3-12-1-4-16(5-2-12)29-11-27-10-28-29/h1-11,17H/b6-3+. The maximum Gasteiger partial charge on any atom is 0.416 e. The highest BCUT2D eigenvalue weighted by molar-refractivity contribution is 6.30. The van der Waals surface area contributed by atoms with E-state index >= 15 is 0 Å². The number of aromatic nitrogens is 3. The van der Waals surface area contributed by atoms with Gasteiger partial charge in [-0.2, -0.15) is 31.4 Å². The third kappa shape index (κ3) is 5.17. The Hall–Kier alpha value is -2.81. The number of allylic oxidation sites excluding steroid dienone is 1. The van der Waals surface area contributed by atoms with Crippen molar-refractivity contribution in [2.75, 3.05) is 0 Å². The lowest BCUT2D eigenvalue weighted by atomic mass is 9.95. The van der Waals surface area contributed by atoms with E-state index in [0.29, 0.717) is 23.4 Å². The van der Waals surface area contributed by atoms with Crippen molar-refractivity contribution in [3.8, 4) is 5.69 Å².